The van der Waals surface area contributed by atoms with Crippen LogP contribution in [0.15, 0.2) is 17.1 Å². The van der Waals surface area contributed by atoms with Crippen LogP contribution in [-0.4, -0.2) is 23.7 Å². The number of isothiocyanates is 1. The summed E-state index contributed by atoms with van der Waals surface area (Å²) in [6, 6.07) is 2.06. The number of rotatable bonds is 2. The van der Waals surface area contributed by atoms with E-state index in [4.69, 9.17) is 11.2 Å². The topological polar surface area (TPSA) is 41.9 Å². The van der Waals surface area contributed by atoms with Gasteiger partial charge in [-0.25, -0.2) is 4.39 Å². The molecule has 0 saturated carbocycles. The van der Waals surface area contributed by atoms with E-state index in [2.05, 4.69) is 28.3 Å². The van der Waals surface area contributed by atoms with Crippen molar-refractivity contribution in [3.63, 3.8) is 0 Å². The number of anilines is 1. The average Bonchev–Trinajstić information content (AvgIpc) is 2.40. The summed E-state index contributed by atoms with van der Waals surface area (Å²) >= 11 is 4.45. The van der Waals surface area contributed by atoms with Gasteiger partial charge in [0.25, 0.3) is 5.91 Å². The van der Waals surface area contributed by atoms with Crippen LogP contribution in [0.1, 0.15) is 6.92 Å². The molecule has 1 aromatic rings. The molecular weight excluding hydrogens is 267 g/mol. The van der Waals surface area contributed by atoms with Crippen LogP contribution < -0.4 is 9.64 Å². The van der Waals surface area contributed by atoms with Crippen molar-refractivity contribution in [2.75, 3.05) is 11.5 Å². The second kappa shape index (κ2) is 5.19. The van der Waals surface area contributed by atoms with Crippen molar-refractivity contribution in [3.05, 3.63) is 17.9 Å². The van der Waals surface area contributed by atoms with Crippen LogP contribution in [0.2, 0.25) is 0 Å². The summed E-state index contributed by atoms with van der Waals surface area (Å²) in [7, 11) is 0. The van der Waals surface area contributed by atoms with Crippen LogP contribution in [0.5, 0.6) is 5.75 Å². The number of carbonyl (C=O) groups is 1. The molecule has 1 aromatic carbocycles. The first-order chi connectivity index (χ1) is 9.08. The molecule has 4 nitrogen and oxygen atoms in total. The van der Waals surface area contributed by atoms with Gasteiger partial charge in [-0.1, -0.05) is 5.92 Å². The minimum absolute atomic E-state index is 0.0127. The monoisotopic (exact) mass is 276 g/mol. The van der Waals surface area contributed by atoms with Crippen molar-refractivity contribution >= 4 is 34.7 Å². The van der Waals surface area contributed by atoms with Crippen molar-refractivity contribution in [1.82, 2.24) is 0 Å². The van der Waals surface area contributed by atoms with E-state index in [1.807, 2.05) is 0 Å². The van der Waals surface area contributed by atoms with E-state index in [1.54, 1.807) is 6.92 Å². The van der Waals surface area contributed by atoms with Gasteiger partial charge in [0.05, 0.1) is 16.9 Å². The third kappa shape index (κ3) is 2.34. The molecule has 2 rings (SSSR count). The van der Waals surface area contributed by atoms with Crippen LogP contribution in [0, 0.1) is 18.2 Å². The Hall–Kier alpha value is -2.22. The smallest absolute Gasteiger partial charge is 0.266 e. The predicted molar refractivity (Wildman–Crippen MR) is 72.4 cm³/mol. The van der Waals surface area contributed by atoms with Gasteiger partial charge in [-0.2, -0.15) is 4.99 Å². The van der Waals surface area contributed by atoms with E-state index in [1.165, 1.54) is 11.0 Å². The van der Waals surface area contributed by atoms with Crippen molar-refractivity contribution in [1.29, 1.82) is 0 Å². The number of carbonyl (C=O) groups excluding carboxylic acids is 1. The number of terminal acetylenes is 1. The van der Waals surface area contributed by atoms with E-state index in [9.17, 15) is 9.18 Å². The zero-order chi connectivity index (χ0) is 14.0. The SMILES string of the molecule is C#CC(C)N1C(=O)COc2cc(F)c(N=C=S)cc21. The van der Waals surface area contributed by atoms with Crippen LogP contribution in [0.4, 0.5) is 15.8 Å². The number of ether oxygens (including phenoxy) is 1. The molecule has 1 aliphatic heterocycles. The number of fused-ring (bicyclic) bond motifs is 1. The van der Waals surface area contributed by atoms with Gasteiger partial charge in [-0.15, -0.1) is 6.42 Å². The van der Waals surface area contributed by atoms with E-state index >= 15 is 0 Å². The second-order valence-corrected chi connectivity index (χ2v) is 4.05. The van der Waals surface area contributed by atoms with Gasteiger partial charge in [0.1, 0.15) is 11.4 Å². The standard InChI is InChI=1S/C13H9FN2O2S/c1-3-8(2)16-11-5-10(15-7-19)9(14)4-12(11)18-6-13(16)17/h1,4-5,8H,6H2,2H3. The van der Waals surface area contributed by atoms with E-state index in [0.717, 1.165) is 6.07 Å². The average molecular weight is 276 g/mol. The van der Waals surface area contributed by atoms with Gasteiger partial charge in [0.15, 0.2) is 12.4 Å². The first-order valence-electron chi connectivity index (χ1n) is 5.41. The number of hydrogen-bond donors (Lipinski definition) is 0. The molecule has 0 spiro atoms. The zero-order valence-corrected chi connectivity index (χ0v) is 10.8. The largest absolute Gasteiger partial charge is 0.481 e. The highest BCUT2D eigenvalue weighted by molar-refractivity contribution is 7.78. The summed E-state index contributed by atoms with van der Waals surface area (Å²) in [5, 5.41) is 2.08. The molecule has 0 aromatic heterocycles. The molecule has 1 atom stereocenters. The summed E-state index contributed by atoms with van der Waals surface area (Å²) in [6.45, 7) is 1.52. The molecule has 1 aliphatic rings. The maximum atomic E-state index is 13.7. The lowest BCUT2D eigenvalue weighted by Gasteiger charge is -2.31. The molecule has 1 unspecified atom stereocenters. The van der Waals surface area contributed by atoms with Crippen molar-refractivity contribution in [2.45, 2.75) is 13.0 Å². The number of aliphatic imine (C=N–C) groups is 1. The van der Waals surface area contributed by atoms with Crippen LogP contribution in [-0.2, 0) is 4.79 Å². The maximum absolute atomic E-state index is 13.7. The van der Waals surface area contributed by atoms with Crippen molar-refractivity contribution in [2.24, 2.45) is 4.99 Å². The fraction of sp³-hybridized carbons (Fsp3) is 0.231. The Kier molecular flexibility index (Phi) is 3.61. The van der Waals surface area contributed by atoms with Gasteiger partial charge >= 0.3 is 0 Å². The first-order valence-corrected chi connectivity index (χ1v) is 5.81. The minimum Gasteiger partial charge on any atom is -0.481 e. The number of amides is 1. The van der Waals surface area contributed by atoms with Gasteiger partial charge in [-0.05, 0) is 25.2 Å². The highest BCUT2D eigenvalue weighted by Gasteiger charge is 2.30. The molecule has 19 heavy (non-hydrogen) atoms. The Labute approximate surface area is 114 Å². The third-order valence-corrected chi connectivity index (χ3v) is 2.79. The zero-order valence-electron chi connectivity index (χ0n) is 10.0. The number of nitrogens with zero attached hydrogens (tertiary/aromatic N) is 2. The lowest BCUT2D eigenvalue weighted by Crippen LogP contribution is -2.43. The number of halogens is 1. The Bertz CT molecular complexity index is 632. The summed E-state index contributed by atoms with van der Waals surface area (Å²) in [5.74, 6) is 1.82. The second-order valence-electron chi connectivity index (χ2n) is 3.87. The fourth-order valence-electron chi connectivity index (χ4n) is 1.81. The minimum atomic E-state index is -0.598. The van der Waals surface area contributed by atoms with Gasteiger partial charge < -0.3 is 4.74 Å². The molecule has 0 radical (unpaired) electrons. The molecule has 1 heterocycles. The van der Waals surface area contributed by atoms with Crippen molar-refractivity contribution < 1.29 is 13.9 Å². The van der Waals surface area contributed by atoms with Crippen LogP contribution >= 0.6 is 12.2 Å². The Morgan fingerprint density at radius 3 is 3.00 bits per heavy atom. The quantitative estimate of drug-likeness (QED) is 0.473. The Morgan fingerprint density at radius 2 is 2.37 bits per heavy atom. The lowest BCUT2D eigenvalue weighted by molar-refractivity contribution is -0.121. The molecular formula is C13H9FN2O2S. The highest BCUT2D eigenvalue weighted by atomic mass is 32.1. The summed E-state index contributed by atoms with van der Waals surface area (Å²) in [6.07, 6.45) is 5.34. The van der Waals surface area contributed by atoms with E-state index in [-0.39, 0.29) is 24.0 Å². The normalized spacial score (nSPS) is 14.8. The molecule has 0 fully saturated rings. The molecule has 0 bridgehead atoms. The molecule has 96 valence electrons. The van der Waals surface area contributed by atoms with Gasteiger partial charge in [0.2, 0.25) is 0 Å². The predicted octanol–water partition coefficient (Wildman–Crippen LogP) is 2.31. The summed E-state index contributed by atoms with van der Waals surface area (Å²) in [5.41, 5.74) is 0.369. The number of hydrogen-bond acceptors (Lipinski definition) is 4. The highest BCUT2D eigenvalue weighted by Crippen LogP contribution is 2.38. The van der Waals surface area contributed by atoms with E-state index < -0.39 is 11.9 Å². The van der Waals surface area contributed by atoms with E-state index in [0.29, 0.717) is 5.69 Å². The lowest BCUT2D eigenvalue weighted by atomic mass is 10.1. The summed E-state index contributed by atoms with van der Waals surface area (Å²) in [4.78, 5) is 16.8. The van der Waals surface area contributed by atoms with Crippen molar-refractivity contribution in [3.8, 4) is 18.1 Å². The Balaban J connectivity index is 2.60. The van der Waals surface area contributed by atoms with Gasteiger partial charge in [0, 0.05) is 6.07 Å². The third-order valence-electron chi connectivity index (χ3n) is 2.70. The molecule has 1 amide bonds. The maximum Gasteiger partial charge on any atom is 0.266 e. The first kappa shape index (κ1) is 13.2. The molecule has 0 saturated heterocycles. The molecule has 0 aliphatic carbocycles. The molecule has 6 heteroatoms. The van der Waals surface area contributed by atoms with Crippen LogP contribution in [0.3, 0.4) is 0 Å². The summed E-state index contributed by atoms with van der Waals surface area (Å²) < 4.78 is 18.9. The number of thiocarbonyl (C=S) groups is 1. The fourth-order valence-corrected chi connectivity index (χ4v) is 1.91. The Morgan fingerprint density at radius 1 is 1.63 bits per heavy atom. The van der Waals surface area contributed by atoms with Gasteiger partial charge in [-0.3, -0.25) is 9.69 Å². The molecule has 0 N–H and O–H groups in total. The number of benzene rings is 1. The van der Waals surface area contributed by atoms with Crippen LogP contribution in [0.25, 0.3) is 0 Å².